The molecule has 0 fully saturated rings. The average molecular weight is 421 g/mol. The van der Waals surface area contributed by atoms with E-state index in [1.165, 1.54) is 7.76 Å². The lowest BCUT2D eigenvalue weighted by Crippen LogP contribution is -2.41. The minimum Gasteiger partial charge on any atom is -0.354 e. The molecule has 0 unspecified atom stereocenters. The molecule has 0 saturated heterocycles. The molecule has 0 aliphatic heterocycles. The van der Waals surface area contributed by atoms with Crippen molar-refractivity contribution < 1.29 is 4.79 Å². The van der Waals surface area contributed by atoms with E-state index >= 15 is 0 Å². The number of nitrogens with one attached hydrogen (secondary N) is 1. The molecule has 1 atom stereocenters. The van der Waals surface area contributed by atoms with Crippen LogP contribution in [-0.4, -0.2) is 30.5 Å². The normalized spacial score (nSPS) is 11.7. The fraction of sp³-hybridized carbons (Fsp3) is 0.545. The van der Waals surface area contributed by atoms with Crippen LogP contribution in [0.2, 0.25) is 0 Å². The Morgan fingerprint density at radius 2 is 2.33 bits per heavy atom. The number of amides is 1. The average Bonchev–Trinajstić information content (AvgIpc) is 2.71. The van der Waals surface area contributed by atoms with Crippen molar-refractivity contribution >= 4 is 64.0 Å². The van der Waals surface area contributed by atoms with Gasteiger partial charge in [-0.15, -0.1) is 23.7 Å². The molecule has 3 nitrogen and oxygen atoms in total. The van der Waals surface area contributed by atoms with E-state index in [1.54, 1.807) is 23.1 Å². The molecular weight excluding hydrogens is 403 g/mol. The number of halogens is 2. The zero-order valence-corrected chi connectivity index (χ0v) is 14.8. The molecule has 0 aliphatic rings. The number of carbonyl (C=O) groups excluding carboxylic acids is 1. The van der Waals surface area contributed by atoms with E-state index in [4.69, 9.17) is 5.73 Å². The molecule has 1 aromatic heterocycles. The third-order valence-electron chi connectivity index (χ3n) is 2.27. The number of hydrogen-bond donors (Lipinski definition) is 2. The predicted molar refractivity (Wildman–Crippen MR) is 92.0 cm³/mol. The number of thioether (sulfide) groups is 1. The van der Waals surface area contributed by atoms with Gasteiger partial charge in [0.2, 0.25) is 5.91 Å². The van der Waals surface area contributed by atoms with Gasteiger partial charge in [-0.05, 0) is 59.6 Å². The molecular formula is C11H18ClIN2OS2. The summed E-state index contributed by atoms with van der Waals surface area (Å²) in [5, 5.41) is 2.88. The standard InChI is InChI=1S/C11H17IN2OS2.ClH/c1-16-7-5-9(13)11(15)14-6-4-8-2-3-10(12)17-8;/h2-3,9H,4-7,13H2,1H3,(H,14,15);1H/t9-;/m0./s1. The van der Waals surface area contributed by atoms with Crippen LogP contribution in [0.1, 0.15) is 11.3 Å². The lowest BCUT2D eigenvalue weighted by molar-refractivity contribution is -0.122. The van der Waals surface area contributed by atoms with Crippen LogP contribution in [0.3, 0.4) is 0 Å². The molecule has 0 bridgehead atoms. The van der Waals surface area contributed by atoms with E-state index in [-0.39, 0.29) is 24.4 Å². The van der Waals surface area contributed by atoms with Crippen LogP contribution in [0.25, 0.3) is 0 Å². The zero-order chi connectivity index (χ0) is 12.7. The number of nitrogens with two attached hydrogens (primary N) is 1. The lowest BCUT2D eigenvalue weighted by Gasteiger charge is -2.10. The third kappa shape index (κ3) is 7.18. The van der Waals surface area contributed by atoms with Crippen LogP contribution in [0.4, 0.5) is 0 Å². The van der Waals surface area contributed by atoms with Crippen LogP contribution in [0.15, 0.2) is 12.1 Å². The van der Waals surface area contributed by atoms with Gasteiger partial charge in [-0.1, -0.05) is 0 Å². The zero-order valence-electron chi connectivity index (χ0n) is 10.1. The number of hydrogen-bond acceptors (Lipinski definition) is 4. The van der Waals surface area contributed by atoms with Gasteiger partial charge in [0.05, 0.1) is 8.93 Å². The maximum Gasteiger partial charge on any atom is 0.236 e. The van der Waals surface area contributed by atoms with Crippen molar-refractivity contribution in [2.75, 3.05) is 18.6 Å². The number of rotatable bonds is 7. The second kappa shape index (κ2) is 10.3. The maximum absolute atomic E-state index is 11.6. The Morgan fingerprint density at radius 3 is 2.89 bits per heavy atom. The summed E-state index contributed by atoms with van der Waals surface area (Å²) in [4.78, 5) is 12.9. The van der Waals surface area contributed by atoms with E-state index in [9.17, 15) is 4.79 Å². The largest absolute Gasteiger partial charge is 0.354 e. The fourth-order valence-electron chi connectivity index (χ4n) is 1.30. The fourth-order valence-corrected chi connectivity index (χ4v) is 3.55. The predicted octanol–water partition coefficient (Wildman–Crippen LogP) is 2.51. The van der Waals surface area contributed by atoms with Crippen molar-refractivity contribution in [1.82, 2.24) is 5.32 Å². The monoisotopic (exact) mass is 420 g/mol. The Hall–Kier alpha value is 0.500. The van der Waals surface area contributed by atoms with Gasteiger partial charge < -0.3 is 11.1 Å². The molecule has 3 N–H and O–H groups in total. The summed E-state index contributed by atoms with van der Waals surface area (Å²) < 4.78 is 1.28. The summed E-state index contributed by atoms with van der Waals surface area (Å²) in [6, 6.07) is 3.82. The lowest BCUT2D eigenvalue weighted by atomic mass is 10.2. The van der Waals surface area contributed by atoms with Crippen molar-refractivity contribution in [3.8, 4) is 0 Å². The van der Waals surface area contributed by atoms with Gasteiger partial charge in [-0.3, -0.25) is 4.79 Å². The molecule has 0 aromatic carbocycles. The molecule has 0 saturated carbocycles. The Balaban J connectivity index is 0.00000289. The van der Waals surface area contributed by atoms with E-state index in [0.29, 0.717) is 6.54 Å². The summed E-state index contributed by atoms with van der Waals surface area (Å²) in [6.45, 7) is 0.669. The van der Waals surface area contributed by atoms with Crippen molar-refractivity contribution in [1.29, 1.82) is 0 Å². The number of thiophene rings is 1. The molecule has 1 aromatic rings. The molecule has 7 heteroatoms. The quantitative estimate of drug-likeness (QED) is 0.667. The molecule has 104 valence electrons. The molecule has 0 radical (unpaired) electrons. The Morgan fingerprint density at radius 1 is 1.61 bits per heavy atom. The first-order valence-corrected chi connectivity index (χ1v) is 8.69. The Bertz CT molecular complexity index is 363. The van der Waals surface area contributed by atoms with E-state index in [0.717, 1.165) is 18.6 Å². The van der Waals surface area contributed by atoms with E-state index in [1.807, 2.05) is 6.26 Å². The minimum absolute atomic E-state index is 0. The highest BCUT2D eigenvalue weighted by atomic mass is 127. The second-order valence-corrected chi connectivity index (χ2v) is 7.68. The minimum atomic E-state index is -0.370. The van der Waals surface area contributed by atoms with E-state index in [2.05, 4.69) is 40.0 Å². The van der Waals surface area contributed by atoms with Gasteiger partial charge in [-0.25, -0.2) is 0 Å². The van der Waals surface area contributed by atoms with Gasteiger partial charge in [0.1, 0.15) is 0 Å². The van der Waals surface area contributed by atoms with Gasteiger partial charge in [0, 0.05) is 11.4 Å². The highest BCUT2D eigenvalue weighted by Crippen LogP contribution is 2.18. The second-order valence-electron chi connectivity index (χ2n) is 3.63. The van der Waals surface area contributed by atoms with Crippen LogP contribution >= 0.6 is 58.1 Å². The summed E-state index contributed by atoms with van der Waals surface area (Å²) in [5.74, 6) is 0.892. The van der Waals surface area contributed by atoms with Crippen molar-refractivity contribution in [3.05, 3.63) is 19.9 Å². The Labute approximate surface area is 136 Å². The van der Waals surface area contributed by atoms with Crippen LogP contribution in [0, 0.1) is 2.88 Å². The van der Waals surface area contributed by atoms with Crippen molar-refractivity contribution in [3.63, 3.8) is 0 Å². The molecule has 0 spiro atoms. The van der Waals surface area contributed by atoms with Crippen LogP contribution < -0.4 is 11.1 Å². The smallest absolute Gasteiger partial charge is 0.236 e. The molecule has 0 aliphatic carbocycles. The number of carbonyl (C=O) groups is 1. The van der Waals surface area contributed by atoms with Crippen LogP contribution in [0.5, 0.6) is 0 Å². The Kier molecular flexibility index (Phi) is 10.6. The molecule has 18 heavy (non-hydrogen) atoms. The van der Waals surface area contributed by atoms with Crippen LogP contribution in [-0.2, 0) is 11.2 Å². The van der Waals surface area contributed by atoms with Crippen molar-refractivity contribution in [2.45, 2.75) is 18.9 Å². The van der Waals surface area contributed by atoms with Gasteiger partial charge >= 0.3 is 0 Å². The first-order valence-electron chi connectivity index (χ1n) is 5.40. The van der Waals surface area contributed by atoms with Gasteiger partial charge in [0.15, 0.2) is 0 Å². The summed E-state index contributed by atoms with van der Waals surface area (Å²) in [7, 11) is 0. The third-order valence-corrected chi connectivity index (χ3v) is 4.87. The van der Waals surface area contributed by atoms with Gasteiger partial charge in [0.25, 0.3) is 0 Å². The summed E-state index contributed by atoms with van der Waals surface area (Å²) >= 11 is 5.77. The first kappa shape index (κ1) is 18.5. The topological polar surface area (TPSA) is 55.1 Å². The summed E-state index contributed by atoms with van der Waals surface area (Å²) in [6.07, 6.45) is 3.64. The summed E-state index contributed by atoms with van der Waals surface area (Å²) in [5.41, 5.74) is 5.76. The molecule has 1 amide bonds. The maximum atomic E-state index is 11.6. The SMILES string of the molecule is CSCC[C@H](N)C(=O)NCCc1ccc(I)s1.Cl. The van der Waals surface area contributed by atoms with E-state index < -0.39 is 0 Å². The first-order chi connectivity index (χ1) is 8.13. The molecule has 1 rings (SSSR count). The highest BCUT2D eigenvalue weighted by Gasteiger charge is 2.11. The van der Waals surface area contributed by atoms with Gasteiger partial charge in [-0.2, -0.15) is 11.8 Å². The van der Waals surface area contributed by atoms with Crippen molar-refractivity contribution in [2.24, 2.45) is 5.73 Å². The highest BCUT2D eigenvalue weighted by molar-refractivity contribution is 14.1. The molecule has 1 heterocycles.